The summed E-state index contributed by atoms with van der Waals surface area (Å²) in [7, 11) is 0. The molecule has 0 aliphatic carbocycles. The lowest BCUT2D eigenvalue weighted by molar-refractivity contribution is 1.17. The average molecular weight is 744 g/mol. The predicted octanol–water partition coefficient (Wildman–Crippen LogP) is 13.3. The second-order valence-electron chi connectivity index (χ2n) is 15.4. The standard InChI is InChI=1S/C53H37N5/c1-32-8-20-50-43(24-32)44-25-33(2)9-21-51(44)57(50)40-16-12-36(13-17-40)48-28-39(42-7-5-6-38(30-54)47(42)31-55)29-49(56-48)37-14-18-41(19-15-37)58-52-22-10-34(3)26-45(52)46-27-35(4)11-23-53(46)58/h5-29H,1-4H3. The fourth-order valence-corrected chi connectivity index (χ4v) is 8.61. The average Bonchev–Trinajstić information content (AvgIpc) is 3.74. The van der Waals surface area contributed by atoms with Crippen molar-refractivity contribution in [2.75, 3.05) is 0 Å². The second kappa shape index (κ2) is 13.5. The third-order valence-corrected chi connectivity index (χ3v) is 11.4. The first-order chi connectivity index (χ1) is 28.3. The SMILES string of the molecule is Cc1ccc2c(c1)c1cc(C)ccc1n2-c1ccc(-c2cc(-c3cccc(C#N)c3C#N)cc(-c3ccc(-n4c5ccc(C)cc5c5cc(C)ccc54)cc3)n2)cc1. The van der Waals surface area contributed by atoms with Gasteiger partial charge < -0.3 is 9.13 Å². The highest BCUT2D eigenvalue weighted by atomic mass is 15.0. The molecule has 10 rings (SSSR count). The number of benzene rings is 7. The van der Waals surface area contributed by atoms with Crippen LogP contribution in [0, 0.1) is 50.4 Å². The summed E-state index contributed by atoms with van der Waals surface area (Å²) in [5.41, 5.74) is 17.4. The molecule has 0 saturated carbocycles. The largest absolute Gasteiger partial charge is 0.309 e. The van der Waals surface area contributed by atoms with Crippen LogP contribution in [0.25, 0.3) is 88.6 Å². The molecule has 0 N–H and O–H groups in total. The van der Waals surface area contributed by atoms with E-state index in [1.807, 2.05) is 24.3 Å². The number of pyridine rings is 1. The highest BCUT2D eigenvalue weighted by Crippen LogP contribution is 2.38. The van der Waals surface area contributed by atoms with Crippen LogP contribution >= 0.6 is 0 Å². The van der Waals surface area contributed by atoms with Gasteiger partial charge in [0, 0.05) is 49.6 Å². The molecular formula is C53H37N5. The van der Waals surface area contributed by atoms with Crippen LogP contribution in [-0.4, -0.2) is 14.1 Å². The van der Waals surface area contributed by atoms with Gasteiger partial charge in [0.1, 0.15) is 12.1 Å². The lowest BCUT2D eigenvalue weighted by Crippen LogP contribution is -1.97. The van der Waals surface area contributed by atoms with E-state index in [1.54, 1.807) is 6.07 Å². The number of hydrogen-bond donors (Lipinski definition) is 0. The maximum absolute atomic E-state index is 10.2. The Hall–Kier alpha value is -7.73. The molecule has 0 radical (unpaired) electrons. The summed E-state index contributed by atoms with van der Waals surface area (Å²) in [5, 5.41) is 25.1. The first-order valence-corrected chi connectivity index (χ1v) is 19.5. The maximum Gasteiger partial charge on any atom is 0.101 e. The molecule has 5 nitrogen and oxygen atoms in total. The van der Waals surface area contributed by atoms with Crippen molar-refractivity contribution >= 4 is 43.6 Å². The molecule has 7 aromatic carbocycles. The van der Waals surface area contributed by atoms with Crippen LogP contribution < -0.4 is 0 Å². The fraction of sp³-hybridized carbons (Fsp3) is 0.0755. The molecule has 0 atom stereocenters. The number of fused-ring (bicyclic) bond motifs is 6. The van der Waals surface area contributed by atoms with E-state index in [0.717, 1.165) is 61.5 Å². The fourth-order valence-electron chi connectivity index (χ4n) is 8.61. The Morgan fingerprint density at radius 1 is 0.414 bits per heavy atom. The van der Waals surface area contributed by atoms with Crippen molar-refractivity contribution in [2.24, 2.45) is 0 Å². The van der Waals surface area contributed by atoms with E-state index >= 15 is 0 Å². The summed E-state index contributed by atoms with van der Waals surface area (Å²) >= 11 is 0. The van der Waals surface area contributed by atoms with Crippen LogP contribution in [-0.2, 0) is 0 Å². The summed E-state index contributed by atoms with van der Waals surface area (Å²) in [5.74, 6) is 0. The summed E-state index contributed by atoms with van der Waals surface area (Å²) < 4.78 is 4.66. The van der Waals surface area contributed by atoms with Gasteiger partial charge in [-0.3, -0.25) is 0 Å². The third-order valence-electron chi connectivity index (χ3n) is 11.4. The lowest BCUT2D eigenvalue weighted by atomic mass is 9.94. The summed E-state index contributed by atoms with van der Waals surface area (Å²) in [6.07, 6.45) is 0. The summed E-state index contributed by atoms with van der Waals surface area (Å²) in [6.45, 7) is 8.56. The number of rotatable bonds is 5. The van der Waals surface area contributed by atoms with Gasteiger partial charge in [0.15, 0.2) is 0 Å². The van der Waals surface area contributed by atoms with Gasteiger partial charge >= 0.3 is 0 Å². The highest BCUT2D eigenvalue weighted by molar-refractivity contribution is 6.10. The minimum atomic E-state index is 0.349. The molecule has 274 valence electrons. The Morgan fingerprint density at radius 3 is 1.17 bits per heavy atom. The van der Waals surface area contributed by atoms with Crippen LogP contribution in [0.1, 0.15) is 33.4 Å². The monoisotopic (exact) mass is 743 g/mol. The molecular weight excluding hydrogens is 707 g/mol. The molecule has 5 heteroatoms. The number of nitrogens with zero attached hydrogens (tertiary/aromatic N) is 5. The minimum absolute atomic E-state index is 0.349. The molecule has 10 aromatic rings. The molecule has 0 fully saturated rings. The topological polar surface area (TPSA) is 70.3 Å². The van der Waals surface area contributed by atoms with Crippen molar-refractivity contribution in [3.63, 3.8) is 0 Å². The Morgan fingerprint density at radius 2 is 0.810 bits per heavy atom. The zero-order chi connectivity index (χ0) is 39.7. The zero-order valence-electron chi connectivity index (χ0n) is 32.7. The van der Waals surface area contributed by atoms with E-state index in [9.17, 15) is 10.5 Å². The van der Waals surface area contributed by atoms with E-state index in [-0.39, 0.29) is 0 Å². The Labute approximate surface area is 336 Å². The van der Waals surface area contributed by atoms with Crippen molar-refractivity contribution in [1.82, 2.24) is 14.1 Å². The van der Waals surface area contributed by atoms with Crippen LogP contribution in [0.2, 0.25) is 0 Å². The van der Waals surface area contributed by atoms with E-state index in [4.69, 9.17) is 4.98 Å². The highest BCUT2D eigenvalue weighted by Gasteiger charge is 2.18. The Kier molecular flexibility index (Phi) is 8.08. The predicted molar refractivity (Wildman–Crippen MR) is 238 cm³/mol. The van der Waals surface area contributed by atoms with Crippen molar-refractivity contribution in [2.45, 2.75) is 27.7 Å². The zero-order valence-corrected chi connectivity index (χ0v) is 32.7. The van der Waals surface area contributed by atoms with Crippen LogP contribution in [0.3, 0.4) is 0 Å². The van der Waals surface area contributed by atoms with Crippen molar-refractivity contribution in [3.8, 4) is 57.2 Å². The van der Waals surface area contributed by atoms with E-state index < -0.39 is 0 Å². The maximum atomic E-state index is 10.2. The van der Waals surface area contributed by atoms with Gasteiger partial charge in [-0.15, -0.1) is 0 Å². The lowest BCUT2D eigenvalue weighted by Gasteiger charge is -2.14. The number of aryl methyl sites for hydroxylation is 4. The van der Waals surface area contributed by atoms with Crippen LogP contribution in [0.4, 0.5) is 0 Å². The quantitative estimate of drug-likeness (QED) is 0.176. The van der Waals surface area contributed by atoms with Crippen molar-refractivity contribution < 1.29 is 0 Å². The van der Waals surface area contributed by atoms with Gasteiger partial charge in [0.25, 0.3) is 0 Å². The molecule has 3 heterocycles. The first kappa shape index (κ1) is 34.7. The smallest absolute Gasteiger partial charge is 0.101 e. The van der Waals surface area contributed by atoms with E-state index in [1.165, 1.54) is 43.8 Å². The molecule has 0 spiro atoms. The molecule has 58 heavy (non-hydrogen) atoms. The number of aromatic nitrogens is 3. The number of hydrogen-bond acceptors (Lipinski definition) is 3. The van der Waals surface area contributed by atoms with E-state index in [0.29, 0.717) is 16.7 Å². The normalized spacial score (nSPS) is 11.4. The van der Waals surface area contributed by atoms with Crippen LogP contribution in [0.5, 0.6) is 0 Å². The Balaban J connectivity index is 1.11. The van der Waals surface area contributed by atoms with Gasteiger partial charge in [-0.1, -0.05) is 82.9 Å². The molecule has 0 aliphatic rings. The minimum Gasteiger partial charge on any atom is -0.309 e. The van der Waals surface area contributed by atoms with Gasteiger partial charge in [-0.2, -0.15) is 10.5 Å². The summed E-state index contributed by atoms with van der Waals surface area (Å²) in [4.78, 5) is 5.26. The molecule has 3 aromatic heterocycles. The van der Waals surface area contributed by atoms with Crippen LogP contribution in [0.15, 0.2) is 152 Å². The van der Waals surface area contributed by atoms with E-state index in [2.05, 4.69) is 170 Å². The second-order valence-corrected chi connectivity index (χ2v) is 15.4. The van der Waals surface area contributed by atoms with Gasteiger partial charge in [-0.05, 0) is 124 Å². The van der Waals surface area contributed by atoms with Gasteiger partial charge in [0.2, 0.25) is 0 Å². The van der Waals surface area contributed by atoms with Gasteiger partial charge in [-0.25, -0.2) is 4.98 Å². The first-order valence-electron chi connectivity index (χ1n) is 19.5. The van der Waals surface area contributed by atoms with Gasteiger partial charge in [0.05, 0.1) is 44.6 Å². The molecule has 0 amide bonds. The number of nitriles is 2. The van der Waals surface area contributed by atoms with Crippen molar-refractivity contribution in [3.05, 3.63) is 185 Å². The molecule has 0 bridgehead atoms. The molecule has 0 aliphatic heterocycles. The third kappa shape index (κ3) is 5.64. The van der Waals surface area contributed by atoms with Crippen molar-refractivity contribution in [1.29, 1.82) is 10.5 Å². The Bertz CT molecular complexity index is 3080. The molecule has 0 saturated heterocycles. The molecule has 0 unspecified atom stereocenters. The summed E-state index contributed by atoms with van der Waals surface area (Å²) in [6, 6.07) is 57.7.